The molecule has 4 atom stereocenters. The minimum Gasteiger partial charge on any atom is -0.381 e. The molecule has 0 radical (unpaired) electrons. The van der Waals surface area contributed by atoms with Crippen LogP contribution in [0.3, 0.4) is 0 Å². The third-order valence-corrected chi connectivity index (χ3v) is 5.02. The molecule has 0 aromatic rings. The van der Waals surface area contributed by atoms with Gasteiger partial charge in [-0.2, -0.15) is 0 Å². The van der Waals surface area contributed by atoms with Crippen molar-refractivity contribution in [3.8, 4) is 0 Å². The largest absolute Gasteiger partial charge is 0.381 e. The van der Waals surface area contributed by atoms with Gasteiger partial charge in [-0.3, -0.25) is 4.90 Å². The Morgan fingerprint density at radius 2 is 2.11 bits per heavy atom. The molecule has 0 amide bonds. The van der Waals surface area contributed by atoms with Crippen LogP contribution in [0.25, 0.3) is 0 Å². The van der Waals surface area contributed by atoms with E-state index in [1.54, 1.807) is 0 Å². The highest BCUT2D eigenvalue weighted by atomic mass is 16.5. The first-order valence-corrected chi connectivity index (χ1v) is 8.33. The maximum Gasteiger partial charge on any atom is 0.0510 e. The third kappa shape index (κ3) is 3.93. The number of nitrogens with one attached hydrogen (secondary N) is 1. The van der Waals surface area contributed by atoms with Crippen molar-refractivity contribution >= 4 is 0 Å². The van der Waals surface area contributed by atoms with Gasteiger partial charge in [-0.15, -0.1) is 0 Å². The number of rotatable bonds is 7. The quantitative estimate of drug-likeness (QED) is 0.768. The molecule has 0 spiro atoms. The van der Waals surface area contributed by atoms with E-state index in [0.717, 1.165) is 37.8 Å². The van der Waals surface area contributed by atoms with Crippen LogP contribution < -0.4 is 5.32 Å². The fraction of sp³-hybridized carbons (Fsp3) is 1.00. The van der Waals surface area contributed by atoms with E-state index in [0.29, 0.717) is 6.04 Å². The van der Waals surface area contributed by atoms with Gasteiger partial charge in [0, 0.05) is 37.2 Å². The van der Waals surface area contributed by atoms with Gasteiger partial charge in [-0.1, -0.05) is 13.8 Å². The second-order valence-electron chi connectivity index (χ2n) is 6.37. The number of hydrogen-bond donors (Lipinski definition) is 1. The smallest absolute Gasteiger partial charge is 0.0510 e. The summed E-state index contributed by atoms with van der Waals surface area (Å²) >= 11 is 0. The summed E-state index contributed by atoms with van der Waals surface area (Å²) in [6, 6.07) is 2.19. The van der Waals surface area contributed by atoms with Gasteiger partial charge in [0.1, 0.15) is 0 Å². The van der Waals surface area contributed by atoms with E-state index >= 15 is 0 Å². The van der Waals surface area contributed by atoms with Crippen LogP contribution in [0, 0.1) is 5.92 Å². The number of ether oxygens (including phenoxy) is 1. The summed E-state index contributed by atoms with van der Waals surface area (Å²) in [5.74, 6) is 0.719. The van der Waals surface area contributed by atoms with Crippen LogP contribution >= 0.6 is 0 Å². The first-order valence-electron chi connectivity index (χ1n) is 8.33. The summed E-state index contributed by atoms with van der Waals surface area (Å²) in [4.78, 5) is 2.76. The van der Waals surface area contributed by atoms with Gasteiger partial charge >= 0.3 is 0 Å². The molecule has 3 nitrogen and oxygen atoms in total. The lowest BCUT2D eigenvalue weighted by molar-refractivity contribution is 0.138. The Morgan fingerprint density at radius 3 is 2.74 bits per heavy atom. The average molecular weight is 268 g/mol. The van der Waals surface area contributed by atoms with E-state index < -0.39 is 0 Å². The normalized spacial score (nSPS) is 33.9. The molecular weight excluding hydrogens is 236 g/mol. The van der Waals surface area contributed by atoms with Crippen LogP contribution in [0.15, 0.2) is 0 Å². The van der Waals surface area contributed by atoms with Gasteiger partial charge in [-0.25, -0.2) is 0 Å². The molecule has 2 rings (SSSR count). The van der Waals surface area contributed by atoms with Crippen molar-refractivity contribution in [3.63, 3.8) is 0 Å². The molecule has 1 N–H and O–H groups in total. The fourth-order valence-corrected chi connectivity index (χ4v) is 3.70. The summed E-state index contributed by atoms with van der Waals surface area (Å²) < 4.78 is 5.60. The summed E-state index contributed by atoms with van der Waals surface area (Å²) in [6.45, 7) is 11.3. The van der Waals surface area contributed by atoms with Crippen molar-refractivity contribution in [2.75, 3.05) is 26.3 Å². The zero-order chi connectivity index (χ0) is 13.7. The Morgan fingerprint density at radius 1 is 1.26 bits per heavy atom. The Balaban J connectivity index is 1.93. The van der Waals surface area contributed by atoms with Crippen LogP contribution in [0.5, 0.6) is 0 Å². The van der Waals surface area contributed by atoms with Gasteiger partial charge in [-0.05, 0) is 45.6 Å². The van der Waals surface area contributed by atoms with Crippen molar-refractivity contribution in [1.29, 1.82) is 0 Å². The summed E-state index contributed by atoms with van der Waals surface area (Å²) in [6.07, 6.45) is 6.52. The number of nitrogens with zero attached hydrogens (tertiary/aromatic N) is 1. The molecule has 2 aliphatic rings. The highest BCUT2D eigenvalue weighted by Crippen LogP contribution is 2.28. The molecule has 4 unspecified atom stereocenters. The first kappa shape index (κ1) is 15.3. The zero-order valence-electron chi connectivity index (χ0n) is 13.0. The first-order chi connectivity index (χ1) is 9.26. The zero-order valence-corrected chi connectivity index (χ0v) is 13.0. The lowest BCUT2D eigenvalue weighted by atomic mass is 9.97. The van der Waals surface area contributed by atoms with Crippen molar-refractivity contribution in [2.45, 2.75) is 71.0 Å². The molecule has 0 bridgehead atoms. The van der Waals surface area contributed by atoms with Crippen molar-refractivity contribution in [3.05, 3.63) is 0 Å². The van der Waals surface area contributed by atoms with Crippen molar-refractivity contribution in [2.24, 2.45) is 5.92 Å². The van der Waals surface area contributed by atoms with E-state index in [1.807, 2.05) is 0 Å². The molecule has 112 valence electrons. The van der Waals surface area contributed by atoms with E-state index in [2.05, 4.69) is 31.0 Å². The van der Waals surface area contributed by atoms with E-state index in [1.165, 1.54) is 38.6 Å². The minimum absolute atomic E-state index is 0.622. The second-order valence-corrected chi connectivity index (χ2v) is 6.37. The predicted molar refractivity (Wildman–Crippen MR) is 80.5 cm³/mol. The lowest BCUT2D eigenvalue weighted by Crippen LogP contribution is -2.49. The summed E-state index contributed by atoms with van der Waals surface area (Å²) in [5, 5.41) is 3.78. The third-order valence-electron chi connectivity index (χ3n) is 5.02. The van der Waals surface area contributed by atoms with Crippen molar-refractivity contribution in [1.82, 2.24) is 10.2 Å². The van der Waals surface area contributed by atoms with Gasteiger partial charge in [0.05, 0.1) is 6.61 Å². The maximum atomic E-state index is 5.60. The van der Waals surface area contributed by atoms with Crippen molar-refractivity contribution < 1.29 is 4.74 Å². The van der Waals surface area contributed by atoms with E-state index in [9.17, 15) is 0 Å². The Labute approximate surface area is 119 Å². The molecule has 19 heavy (non-hydrogen) atoms. The SMILES string of the molecule is CCCNC(CN1C(C)CCC1CC)C1CCOC1. The lowest BCUT2D eigenvalue weighted by Gasteiger charge is -2.34. The van der Waals surface area contributed by atoms with Crippen LogP contribution in [-0.4, -0.2) is 49.3 Å². The van der Waals surface area contributed by atoms with E-state index in [4.69, 9.17) is 4.74 Å². The van der Waals surface area contributed by atoms with Gasteiger partial charge in [0.2, 0.25) is 0 Å². The molecule has 0 aromatic heterocycles. The average Bonchev–Trinajstić information content (AvgIpc) is 3.05. The molecular formula is C16H32N2O. The van der Waals surface area contributed by atoms with Crippen LogP contribution in [0.1, 0.15) is 52.9 Å². The topological polar surface area (TPSA) is 24.5 Å². The van der Waals surface area contributed by atoms with Crippen LogP contribution in [0.2, 0.25) is 0 Å². The molecule has 2 aliphatic heterocycles. The Hall–Kier alpha value is -0.120. The molecule has 2 heterocycles. The summed E-state index contributed by atoms with van der Waals surface area (Å²) in [5.41, 5.74) is 0. The summed E-state index contributed by atoms with van der Waals surface area (Å²) in [7, 11) is 0. The highest BCUT2D eigenvalue weighted by molar-refractivity contribution is 4.90. The highest BCUT2D eigenvalue weighted by Gasteiger charge is 2.34. The number of hydrogen-bond acceptors (Lipinski definition) is 3. The van der Waals surface area contributed by atoms with Gasteiger partial charge in [0.25, 0.3) is 0 Å². The molecule has 2 saturated heterocycles. The Bertz CT molecular complexity index is 253. The van der Waals surface area contributed by atoms with E-state index in [-0.39, 0.29) is 0 Å². The molecule has 3 heteroatoms. The second kappa shape index (κ2) is 7.61. The molecule has 0 aliphatic carbocycles. The standard InChI is InChI=1S/C16H32N2O/c1-4-9-17-16(14-8-10-19-12-14)11-18-13(3)6-7-15(18)5-2/h13-17H,4-12H2,1-3H3. The van der Waals surface area contributed by atoms with Crippen LogP contribution in [0.4, 0.5) is 0 Å². The Kier molecular flexibility index (Phi) is 6.11. The molecule has 0 aromatic carbocycles. The van der Waals surface area contributed by atoms with Crippen LogP contribution in [-0.2, 0) is 4.74 Å². The molecule has 2 fully saturated rings. The molecule has 0 saturated carbocycles. The maximum absolute atomic E-state index is 5.60. The van der Waals surface area contributed by atoms with Gasteiger partial charge < -0.3 is 10.1 Å². The number of likely N-dealkylation sites (tertiary alicyclic amines) is 1. The van der Waals surface area contributed by atoms with Gasteiger partial charge in [0.15, 0.2) is 0 Å². The monoisotopic (exact) mass is 268 g/mol. The minimum atomic E-state index is 0.622. The predicted octanol–water partition coefficient (Wildman–Crippen LogP) is 2.65. The fourth-order valence-electron chi connectivity index (χ4n) is 3.70.